The lowest BCUT2D eigenvalue weighted by atomic mass is 10.0. The van der Waals surface area contributed by atoms with Crippen LogP contribution in [0.15, 0.2) is 54.7 Å². The number of hydrogen-bond acceptors (Lipinski definition) is 3. The van der Waals surface area contributed by atoms with Gasteiger partial charge in [0.05, 0.1) is 6.04 Å². The van der Waals surface area contributed by atoms with E-state index in [1.54, 1.807) is 0 Å². The molecule has 138 valence electrons. The van der Waals surface area contributed by atoms with E-state index in [1.807, 2.05) is 6.20 Å². The SMILES string of the molecule is c1ccc2c(c1)C[C@@H](N1C[C@H]3CNC[C@H]3C1)[C@@H]2Oc1ccc2cc[nH]c2c1. The number of H-pyrrole nitrogens is 1. The minimum absolute atomic E-state index is 0.111. The highest BCUT2D eigenvalue weighted by atomic mass is 16.5. The van der Waals surface area contributed by atoms with Crippen LogP contribution in [-0.4, -0.2) is 42.1 Å². The number of aromatic amines is 1. The van der Waals surface area contributed by atoms with E-state index in [4.69, 9.17) is 4.74 Å². The van der Waals surface area contributed by atoms with Crippen molar-refractivity contribution in [3.63, 3.8) is 0 Å². The number of fused-ring (bicyclic) bond motifs is 3. The van der Waals surface area contributed by atoms with E-state index in [9.17, 15) is 0 Å². The summed E-state index contributed by atoms with van der Waals surface area (Å²) in [6.07, 6.45) is 3.19. The predicted octanol–water partition coefficient (Wildman–Crippen LogP) is 3.36. The van der Waals surface area contributed by atoms with Crippen LogP contribution >= 0.6 is 0 Å². The first kappa shape index (κ1) is 15.7. The van der Waals surface area contributed by atoms with E-state index in [2.05, 4.69) is 63.7 Å². The van der Waals surface area contributed by atoms with Gasteiger partial charge in [-0.3, -0.25) is 4.90 Å². The van der Waals surface area contributed by atoms with Gasteiger partial charge in [0.25, 0.3) is 0 Å². The van der Waals surface area contributed by atoms with Crippen LogP contribution in [0.25, 0.3) is 10.9 Å². The van der Waals surface area contributed by atoms with Crippen LogP contribution in [0, 0.1) is 11.8 Å². The van der Waals surface area contributed by atoms with Gasteiger partial charge in [0.1, 0.15) is 11.9 Å². The van der Waals surface area contributed by atoms with E-state index in [0.717, 1.165) is 29.5 Å². The van der Waals surface area contributed by atoms with Crippen molar-refractivity contribution in [1.82, 2.24) is 15.2 Å². The zero-order valence-corrected chi connectivity index (χ0v) is 15.4. The molecule has 0 unspecified atom stereocenters. The summed E-state index contributed by atoms with van der Waals surface area (Å²) in [5.41, 5.74) is 3.95. The molecule has 1 aromatic heterocycles. The van der Waals surface area contributed by atoms with Gasteiger partial charge < -0.3 is 15.0 Å². The molecule has 2 saturated heterocycles. The summed E-state index contributed by atoms with van der Waals surface area (Å²) in [5.74, 6) is 2.58. The van der Waals surface area contributed by atoms with Crippen LogP contribution in [0.1, 0.15) is 17.2 Å². The maximum Gasteiger partial charge on any atom is 0.140 e. The zero-order chi connectivity index (χ0) is 17.8. The molecule has 4 heteroatoms. The first-order valence-corrected chi connectivity index (χ1v) is 10.1. The molecule has 0 bridgehead atoms. The van der Waals surface area contributed by atoms with E-state index in [-0.39, 0.29) is 6.10 Å². The third kappa shape index (κ3) is 2.59. The lowest BCUT2D eigenvalue weighted by Crippen LogP contribution is -2.40. The molecule has 1 aliphatic carbocycles. The molecule has 3 heterocycles. The van der Waals surface area contributed by atoms with Crippen molar-refractivity contribution < 1.29 is 4.74 Å². The lowest BCUT2D eigenvalue weighted by molar-refractivity contribution is 0.0891. The van der Waals surface area contributed by atoms with Crippen LogP contribution in [-0.2, 0) is 6.42 Å². The van der Waals surface area contributed by atoms with Crippen molar-refractivity contribution in [1.29, 1.82) is 0 Å². The third-order valence-corrected chi connectivity index (χ3v) is 6.82. The predicted molar refractivity (Wildman–Crippen MR) is 107 cm³/mol. The summed E-state index contributed by atoms with van der Waals surface area (Å²) in [7, 11) is 0. The second-order valence-corrected chi connectivity index (χ2v) is 8.37. The highest BCUT2D eigenvalue weighted by Crippen LogP contribution is 2.41. The molecular formula is C23H25N3O. The van der Waals surface area contributed by atoms with Gasteiger partial charge >= 0.3 is 0 Å². The topological polar surface area (TPSA) is 40.3 Å². The average molecular weight is 359 g/mol. The quantitative estimate of drug-likeness (QED) is 0.753. The fourth-order valence-electron chi connectivity index (χ4n) is 5.41. The Bertz CT molecular complexity index is 968. The molecule has 3 aliphatic rings. The van der Waals surface area contributed by atoms with Crippen LogP contribution in [0.2, 0.25) is 0 Å². The van der Waals surface area contributed by atoms with Gasteiger partial charge in [0, 0.05) is 30.9 Å². The standard InChI is InChI=1S/C23H25N3O/c1-2-4-20-16(3-1)9-22(26-13-17-11-24-12-18(17)14-26)23(20)27-19-6-5-15-7-8-25-21(15)10-19/h1-8,10,17-18,22-25H,9,11-14H2/t17-,18+,22-,23-/m1/s1. The molecule has 2 N–H and O–H groups in total. The molecule has 0 amide bonds. The fourth-order valence-corrected chi connectivity index (χ4v) is 5.41. The van der Waals surface area contributed by atoms with Crippen LogP contribution < -0.4 is 10.1 Å². The Kier molecular flexibility index (Phi) is 3.56. The number of rotatable bonds is 3. The van der Waals surface area contributed by atoms with Crippen LogP contribution in [0.5, 0.6) is 5.75 Å². The van der Waals surface area contributed by atoms with Gasteiger partial charge in [-0.1, -0.05) is 24.3 Å². The van der Waals surface area contributed by atoms with Crippen LogP contribution in [0.4, 0.5) is 0 Å². The van der Waals surface area contributed by atoms with Gasteiger partial charge in [0.2, 0.25) is 0 Å². The summed E-state index contributed by atoms with van der Waals surface area (Å²) in [6, 6.07) is 17.8. The van der Waals surface area contributed by atoms with Crippen molar-refractivity contribution >= 4 is 10.9 Å². The minimum Gasteiger partial charge on any atom is -0.484 e. The zero-order valence-electron chi connectivity index (χ0n) is 15.4. The number of hydrogen-bond donors (Lipinski definition) is 2. The highest BCUT2D eigenvalue weighted by Gasteiger charge is 2.44. The van der Waals surface area contributed by atoms with Crippen molar-refractivity contribution in [3.8, 4) is 5.75 Å². The van der Waals surface area contributed by atoms with Crippen molar-refractivity contribution in [2.75, 3.05) is 26.2 Å². The summed E-state index contributed by atoms with van der Waals surface area (Å²) in [6.45, 7) is 4.75. The molecule has 0 spiro atoms. The number of likely N-dealkylation sites (tertiary alicyclic amines) is 1. The van der Waals surface area contributed by atoms with Gasteiger partial charge in [-0.25, -0.2) is 0 Å². The first-order valence-electron chi connectivity index (χ1n) is 10.1. The molecule has 6 rings (SSSR count). The van der Waals surface area contributed by atoms with E-state index in [1.165, 1.54) is 42.7 Å². The Morgan fingerprint density at radius 1 is 0.963 bits per heavy atom. The van der Waals surface area contributed by atoms with Gasteiger partial charge in [0.15, 0.2) is 0 Å². The minimum atomic E-state index is 0.111. The largest absolute Gasteiger partial charge is 0.484 e. The van der Waals surface area contributed by atoms with Crippen LogP contribution in [0.3, 0.4) is 0 Å². The Hall–Kier alpha value is -2.30. The molecule has 2 aliphatic heterocycles. The molecule has 4 nitrogen and oxygen atoms in total. The molecule has 0 radical (unpaired) electrons. The first-order chi connectivity index (χ1) is 13.3. The smallest absolute Gasteiger partial charge is 0.140 e. The van der Waals surface area contributed by atoms with E-state index in [0.29, 0.717) is 6.04 Å². The van der Waals surface area contributed by atoms with E-state index < -0.39 is 0 Å². The second-order valence-electron chi connectivity index (χ2n) is 8.37. The molecular weight excluding hydrogens is 334 g/mol. The Labute approximate surface area is 159 Å². The summed E-state index contributed by atoms with van der Waals surface area (Å²) >= 11 is 0. The second kappa shape index (κ2) is 6.11. The number of nitrogens with one attached hydrogen (secondary N) is 2. The van der Waals surface area contributed by atoms with E-state index >= 15 is 0 Å². The lowest BCUT2D eigenvalue weighted by Gasteiger charge is -2.31. The molecule has 2 aromatic carbocycles. The van der Waals surface area contributed by atoms with Gasteiger partial charge in [-0.2, -0.15) is 0 Å². The maximum atomic E-state index is 6.65. The molecule has 3 aromatic rings. The molecule has 27 heavy (non-hydrogen) atoms. The average Bonchev–Trinajstić information content (AvgIpc) is 3.44. The van der Waals surface area contributed by atoms with Crippen molar-refractivity contribution in [2.45, 2.75) is 18.6 Å². The Balaban J connectivity index is 1.32. The number of ether oxygens (including phenoxy) is 1. The maximum absolute atomic E-state index is 6.65. The Morgan fingerprint density at radius 3 is 2.70 bits per heavy atom. The molecule has 0 saturated carbocycles. The normalized spacial score (nSPS) is 29.9. The third-order valence-electron chi connectivity index (χ3n) is 6.82. The molecule has 2 fully saturated rings. The highest BCUT2D eigenvalue weighted by molar-refractivity contribution is 5.80. The van der Waals surface area contributed by atoms with Crippen molar-refractivity contribution in [3.05, 3.63) is 65.9 Å². The summed E-state index contributed by atoms with van der Waals surface area (Å²) < 4.78 is 6.65. The fraction of sp³-hybridized carbons (Fsp3) is 0.391. The summed E-state index contributed by atoms with van der Waals surface area (Å²) in [5, 5.41) is 4.78. The molecule has 4 atom stereocenters. The van der Waals surface area contributed by atoms with Crippen molar-refractivity contribution in [2.24, 2.45) is 11.8 Å². The number of benzene rings is 2. The summed E-state index contributed by atoms with van der Waals surface area (Å²) in [4.78, 5) is 6.00. The monoisotopic (exact) mass is 359 g/mol. The Morgan fingerprint density at radius 2 is 1.81 bits per heavy atom. The number of aromatic nitrogens is 1. The van der Waals surface area contributed by atoms with Gasteiger partial charge in [-0.05, 0) is 66.1 Å². The number of nitrogens with zero attached hydrogens (tertiary/aromatic N) is 1. The van der Waals surface area contributed by atoms with Gasteiger partial charge in [-0.15, -0.1) is 0 Å².